The fourth-order valence-corrected chi connectivity index (χ4v) is 8.56. The first-order valence-electron chi connectivity index (χ1n) is 12.4. The van der Waals surface area contributed by atoms with Crippen molar-refractivity contribution in [1.82, 2.24) is 20.0 Å². The maximum atomic E-state index is 4.54. The average Bonchev–Trinajstić information content (AvgIpc) is 3.40. The van der Waals surface area contributed by atoms with Gasteiger partial charge >= 0.3 is 0 Å². The molecule has 0 spiro atoms. The SMILES string of the molecule is C[C@@]12CCCC1C1CCC3CC(n4cc(-c5ccccn5)nn4)CC[C@]3(C)C1CC2. The van der Waals surface area contributed by atoms with Crippen molar-refractivity contribution in [3.05, 3.63) is 30.6 Å². The van der Waals surface area contributed by atoms with Crippen LogP contribution in [0.15, 0.2) is 30.6 Å². The Morgan fingerprint density at radius 2 is 1.87 bits per heavy atom. The fraction of sp³-hybridized carbons (Fsp3) is 0.731. The number of nitrogens with zero attached hydrogens (tertiary/aromatic N) is 4. The van der Waals surface area contributed by atoms with Crippen molar-refractivity contribution in [2.75, 3.05) is 0 Å². The smallest absolute Gasteiger partial charge is 0.131 e. The minimum absolute atomic E-state index is 0.505. The normalized spacial score (nSPS) is 42.9. The number of hydrogen-bond acceptors (Lipinski definition) is 3. The number of rotatable bonds is 2. The lowest BCUT2D eigenvalue weighted by atomic mass is 9.45. The molecule has 4 aliphatic carbocycles. The van der Waals surface area contributed by atoms with E-state index in [1.807, 2.05) is 24.4 Å². The molecule has 0 aliphatic heterocycles. The Balaban J connectivity index is 1.21. The molecule has 2 heterocycles. The Morgan fingerprint density at radius 3 is 2.73 bits per heavy atom. The largest absolute Gasteiger partial charge is 0.254 e. The Kier molecular flexibility index (Phi) is 4.37. The third-order valence-electron chi connectivity index (χ3n) is 10.2. The molecule has 2 aromatic rings. The average molecular weight is 405 g/mol. The summed E-state index contributed by atoms with van der Waals surface area (Å²) in [6.45, 7) is 5.29. The molecule has 6 rings (SSSR count). The van der Waals surface area contributed by atoms with Crippen molar-refractivity contribution in [1.29, 1.82) is 0 Å². The van der Waals surface area contributed by atoms with Crippen LogP contribution in [0.1, 0.15) is 84.1 Å². The molecule has 2 aromatic heterocycles. The van der Waals surface area contributed by atoms with Crippen LogP contribution in [0, 0.1) is 34.5 Å². The minimum Gasteiger partial charge on any atom is -0.254 e. The van der Waals surface area contributed by atoms with Crippen molar-refractivity contribution < 1.29 is 0 Å². The van der Waals surface area contributed by atoms with Gasteiger partial charge in [-0.2, -0.15) is 0 Å². The second-order valence-corrected chi connectivity index (χ2v) is 11.5. The van der Waals surface area contributed by atoms with Gasteiger partial charge in [0.2, 0.25) is 0 Å². The summed E-state index contributed by atoms with van der Waals surface area (Å²) in [5.74, 6) is 3.84. The first kappa shape index (κ1) is 19.0. The fourth-order valence-electron chi connectivity index (χ4n) is 8.56. The lowest BCUT2D eigenvalue weighted by Crippen LogP contribution is -2.52. The van der Waals surface area contributed by atoms with Crippen LogP contribution in [0.5, 0.6) is 0 Å². The van der Waals surface area contributed by atoms with Crippen LogP contribution in [-0.2, 0) is 0 Å². The van der Waals surface area contributed by atoms with Crippen molar-refractivity contribution in [3.63, 3.8) is 0 Å². The Hall–Kier alpha value is -1.71. The number of hydrogen-bond donors (Lipinski definition) is 0. The molecule has 160 valence electrons. The number of pyridine rings is 1. The van der Waals surface area contributed by atoms with Gasteiger partial charge in [-0.3, -0.25) is 4.98 Å². The molecule has 4 saturated carbocycles. The van der Waals surface area contributed by atoms with E-state index in [4.69, 9.17) is 0 Å². The molecule has 4 nitrogen and oxygen atoms in total. The Morgan fingerprint density at radius 1 is 0.933 bits per heavy atom. The van der Waals surface area contributed by atoms with Crippen molar-refractivity contribution in [2.45, 2.75) is 84.1 Å². The zero-order valence-electron chi connectivity index (χ0n) is 18.6. The van der Waals surface area contributed by atoms with Crippen molar-refractivity contribution in [2.24, 2.45) is 34.5 Å². The first-order chi connectivity index (χ1) is 14.6. The lowest BCUT2D eigenvalue weighted by molar-refractivity contribution is -0.110. The van der Waals surface area contributed by atoms with Gasteiger partial charge in [-0.15, -0.1) is 5.10 Å². The molecular formula is C26H36N4. The van der Waals surface area contributed by atoms with Gasteiger partial charge in [0.05, 0.1) is 17.9 Å². The van der Waals surface area contributed by atoms with Gasteiger partial charge in [0.1, 0.15) is 5.69 Å². The summed E-state index contributed by atoms with van der Waals surface area (Å²) >= 11 is 0. The van der Waals surface area contributed by atoms with E-state index >= 15 is 0 Å². The molecule has 0 bridgehead atoms. The third-order valence-corrected chi connectivity index (χ3v) is 10.2. The lowest BCUT2D eigenvalue weighted by Gasteiger charge is -2.60. The van der Waals surface area contributed by atoms with E-state index in [0.29, 0.717) is 16.9 Å². The molecular weight excluding hydrogens is 368 g/mol. The van der Waals surface area contributed by atoms with E-state index in [2.05, 4.69) is 40.0 Å². The molecule has 0 saturated heterocycles. The highest BCUT2D eigenvalue weighted by molar-refractivity contribution is 5.51. The standard InChI is InChI=1S/C26H36N4/c1-25-12-5-6-21(25)20-9-8-18-16-19(10-14-26(18,2)22(20)11-13-25)30-17-24(28-29-30)23-7-3-4-15-27-23/h3-4,7,15,17-22H,5-6,8-14,16H2,1-2H3/t18?,19?,20?,21?,22?,25-,26-/m0/s1. The summed E-state index contributed by atoms with van der Waals surface area (Å²) in [6, 6.07) is 6.50. The van der Waals surface area contributed by atoms with Crippen LogP contribution < -0.4 is 0 Å². The predicted octanol–water partition coefficient (Wildman–Crippen LogP) is 6.31. The van der Waals surface area contributed by atoms with Crippen LogP contribution in [0.4, 0.5) is 0 Å². The molecule has 0 amide bonds. The highest BCUT2D eigenvalue weighted by Crippen LogP contribution is 2.66. The van der Waals surface area contributed by atoms with Crippen molar-refractivity contribution in [3.8, 4) is 11.4 Å². The van der Waals surface area contributed by atoms with Crippen LogP contribution in [-0.4, -0.2) is 20.0 Å². The summed E-state index contributed by atoms with van der Waals surface area (Å²) in [5, 5.41) is 8.98. The second kappa shape index (κ2) is 6.90. The van der Waals surface area contributed by atoms with E-state index in [1.165, 1.54) is 64.2 Å². The highest BCUT2D eigenvalue weighted by atomic mass is 15.4. The summed E-state index contributed by atoms with van der Waals surface area (Å²) in [7, 11) is 0. The Labute approximate surface area is 180 Å². The molecule has 30 heavy (non-hydrogen) atoms. The molecule has 0 radical (unpaired) electrons. The zero-order chi connectivity index (χ0) is 20.3. The number of aromatic nitrogens is 4. The second-order valence-electron chi connectivity index (χ2n) is 11.5. The quantitative estimate of drug-likeness (QED) is 0.589. The molecule has 0 aromatic carbocycles. The van der Waals surface area contributed by atoms with Gasteiger partial charge in [0.25, 0.3) is 0 Å². The Bertz CT molecular complexity index is 907. The zero-order valence-corrected chi connectivity index (χ0v) is 18.6. The minimum atomic E-state index is 0.505. The molecule has 7 atom stereocenters. The van der Waals surface area contributed by atoms with Crippen molar-refractivity contribution >= 4 is 0 Å². The summed E-state index contributed by atoms with van der Waals surface area (Å²) in [4.78, 5) is 4.45. The van der Waals surface area contributed by atoms with Gasteiger partial charge in [-0.25, -0.2) is 4.68 Å². The maximum Gasteiger partial charge on any atom is 0.131 e. The van der Waals surface area contributed by atoms with Gasteiger partial charge in [0.15, 0.2) is 0 Å². The van der Waals surface area contributed by atoms with Gasteiger partial charge in [0, 0.05) is 6.20 Å². The molecule has 4 heteroatoms. The first-order valence-corrected chi connectivity index (χ1v) is 12.4. The molecule has 4 aliphatic rings. The van der Waals surface area contributed by atoms with E-state index < -0.39 is 0 Å². The van der Waals surface area contributed by atoms with Crippen LogP contribution in [0.2, 0.25) is 0 Å². The van der Waals surface area contributed by atoms with Gasteiger partial charge in [-0.05, 0) is 104 Å². The van der Waals surface area contributed by atoms with E-state index in [-0.39, 0.29) is 0 Å². The van der Waals surface area contributed by atoms with E-state index in [0.717, 1.165) is 35.1 Å². The molecule has 5 unspecified atom stereocenters. The summed E-state index contributed by atoms with van der Waals surface area (Å²) < 4.78 is 2.16. The van der Waals surface area contributed by atoms with Crippen LogP contribution in [0.25, 0.3) is 11.4 Å². The van der Waals surface area contributed by atoms with E-state index in [9.17, 15) is 0 Å². The molecule has 0 N–H and O–H groups in total. The topological polar surface area (TPSA) is 43.6 Å². The number of fused-ring (bicyclic) bond motifs is 5. The third kappa shape index (κ3) is 2.81. The molecule has 4 fully saturated rings. The maximum absolute atomic E-state index is 4.54. The van der Waals surface area contributed by atoms with Crippen LogP contribution >= 0.6 is 0 Å². The van der Waals surface area contributed by atoms with Crippen LogP contribution in [0.3, 0.4) is 0 Å². The van der Waals surface area contributed by atoms with Gasteiger partial charge in [-0.1, -0.05) is 31.5 Å². The summed E-state index contributed by atoms with van der Waals surface area (Å²) in [6.07, 6.45) is 18.2. The highest BCUT2D eigenvalue weighted by Gasteiger charge is 2.57. The van der Waals surface area contributed by atoms with E-state index in [1.54, 1.807) is 0 Å². The predicted molar refractivity (Wildman–Crippen MR) is 119 cm³/mol. The van der Waals surface area contributed by atoms with Gasteiger partial charge < -0.3 is 0 Å². The monoisotopic (exact) mass is 404 g/mol. The summed E-state index contributed by atoms with van der Waals surface area (Å²) in [5.41, 5.74) is 3.05.